The first kappa shape index (κ1) is 18.2. The van der Waals surface area contributed by atoms with Crippen LogP contribution < -0.4 is 11.5 Å². The Hall–Kier alpha value is -1.18. The summed E-state index contributed by atoms with van der Waals surface area (Å²) in [4.78, 5) is 10.1. The zero-order chi connectivity index (χ0) is 13.9. The van der Waals surface area contributed by atoms with Crippen LogP contribution in [0.4, 0.5) is 0 Å². The molecule has 7 heteroatoms. The van der Waals surface area contributed by atoms with Gasteiger partial charge in [0.2, 0.25) is 0 Å². The average molecular weight is 264 g/mol. The lowest BCUT2D eigenvalue weighted by Crippen LogP contribution is -2.29. The van der Waals surface area contributed by atoms with E-state index in [2.05, 4.69) is 13.2 Å². The maximum atomic E-state index is 10.1. The fourth-order valence-electron chi connectivity index (χ4n) is 0.700. The Balaban J connectivity index is 0. The van der Waals surface area contributed by atoms with Gasteiger partial charge in [-0.2, -0.15) is 0 Å². The molecule has 0 fully saturated rings. The number of carboxylic acids is 1. The summed E-state index contributed by atoms with van der Waals surface area (Å²) in [6, 6.07) is -0.716. The van der Waals surface area contributed by atoms with E-state index < -0.39 is 21.8 Å². The molecule has 0 heterocycles. The highest BCUT2D eigenvalue weighted by Crippen LogP contribution is 1.96. The van der Waals surface area contributed by atoms with Gasteiger partial charge >= 0.3 is 5.97 Å². The SMILES string of the molecule is C=CS(=O)(=O)C=C.NCCCCC(N)C(=O)O. The molecule has 0 saturated heterocycles. The van der Waals surface area contributed by atoms with Crippen molar-refractivity contribution in [1.82, 2.24) is 0 Å². The second kappa shape index (κ2) is 10.0. The summed E-state index contributed by atoms with van der Waals surface area (Å²) in [6.07, 6.45) is 2.16. The van der Waals surface area contributed by atoms with Gasteiger partial charge in [0.1, 0.15) is 6.04 Å². The Labute approximate surface area is 102 Å². The smallest absolute Gasteiger partial charge is 0.320 e. The number of carbonyl (C=O) groups is 1. The molecule has 0 aromatic rings. The number of sulfone groups is 1. The van der Waals surface area contributed by atoms with Crippen molar-refractivity contribution >= 4 is 15.8 Å². The molecule has 100 valence electrons. The Bertz CT molecular complexity index is 324. The van der Waals surface area contributed by atoms with Crippen molar-refractivity contribution in [1.29, 1.82) is 0 Å². The third kappa shape index (κ3) is 12.8. The predicted molar refractivity (Wildman–Crippen MR) is 67.8 cm³/mol. The van der Waals surface area contributed by atoms with E-state index in [-0.39, 0.29) is 0 Å². The first-order valence-corrected chi connectivity index (χ1v) is 6.60. The van der Waals surface area contributed by atoms with Gasteiger partial charge in [-0.25, -0.2) is 8.42 Å². The highest BCUT2D eigenvalue weighted by atomic mass is 32.2. The second-order valence-corrected chi connectivity index (χ2v) is 5.00. The second-order valence-electron chi connectivity index (χ2n) is 3.15. The molecule has 17 heavy (non-hydrogen) atoms. The molecule has 0 rings (SSSR count). The number of hydrogen-bond donors (Lipinski definition) is 3. The van der Waals surface area contributed by atoms with E-state index in [0.29, 0.717) is 13.0 Å². The van der Waals surface area contributed by atoms with Crippen LogP contribution in [0.2, 0.25) is 0 Å². The molecular formula is C10H20N2O4S. The van der Waals surface area contributed by atoms with Crippen molar-refractivity contribution in [2.75, 3.05) is 6.54 Å². The van der Waals surface area contributed by atoms with E-state index in [0.717, 1.165) is 23.7 Å². The van der Waals surface area contributed by atoms with Gasteiger partial charge in [0, 0.05) is 10.8 Å². The Morgan fingerprint density at radius 3 is 2.00 bits per heavy atom. The minimum Gasteiger partial charge on any atom is -0.480 e. The lowest BCUT2D eigenvalue weighted by Gasteiger charge is -2.03. The number of hydrogen-bond acceptors (Lipinski definition) is 5. The van der Waals surface area contributed by atoms with Crippen LogP contribution in [-0.2, 0) is 14.6 Å². The molecule has 0 bridgehead atoms. The number of rotatable bonds is 7. The molecule has 1 atom stereocenters. The molecule has 0 radical (unpaired) electrons. The van der Waals surface area contributed by atoms with Crippen LogP contribution in [0.1, 0.15) is 19.3 Å². The van der Waals surface area contributed by atoms with Crippen LogP contribution in [0.3, 0.4) is 0 Å². The number of carboxylic acid groups (broad SMARTS) is 1. The van der Waals surface area contributed by atoms with Crippen molar-refractivity contribution in [3.05, 3.63) is 24.0 Å². The summed E-state index contributed by atoms with van der Waals surface area (Å²) in [5, 5.41) is 10.0. The van der Waals surface area contributed by atoms with E-state index in [4.69, 9.17) is 16.6 Å². The molecular weight excluding hydrogens is 244 g/mol. The minimum absolute atomic E-state index is 0.520. The molecule has 0 spiro atoms. The number of aliphatic carboxylic acids is 1. The van der Waals surface area contributed by atoms with Crippen LogP contribution in [0.25, 0.3) is 0 Å². The standard InChI is InChI=1S/C6H14N2O2.C4H6O2S/c7-4-2-1-3-5(8)6(9)10;1-3-7(5,6)4-2/h5H,1-4,7-8H2,(H,9,10);3-4H,1-2H2. The third-order valence-corrected chi connectivity index (χ3v) is 2.68. The molecule has 0 aliphatic heterocycles. The largest absolute Gasteiger partial charge is 0.480 e. The van der Waals surface area contributed by atoms with Crippen LogP contribution in [0, 0.1) is 0 Å². The first-order valence-electron chi connectivity index (χ1n) is 4.99. The monoisotopic (exact) mass is 264 g/mol. The van der Waals surface area contributed by atoms with Gasteiger partial charge in [0.25, 0.3) is 0 Å². The molecule has 0 aromatic heterocycles. The molecule has 6 nitrogen and oxygen atoms in total. The Morgan fingerprint density at radius 2 is 1.76 bits per heavy atom. The van der Waals surface area contributed by atoms with Gasteiger partial charge in [-0.05, 0) is 19.4 Å². The summed E-state index contributed by atoms with van der Waals surface area (Å²) < 4.78 is 20.3. The lowest BCUT2D eigenvalue weighted by atomic mass is 10.1. The van der Waals surface area contributed by atoms with Crippen molar-refractivity contribution in [3.8, 4) is 0 Å². The minimum atomic E-state index is -3.13. The van der Waals surface area contributed by atoms with E-state index in [1.165, 1.54) is 0 Å². The van der Waals surface area contributed by atoms with Crippen LogP contribution in [-0.4, -0.2) is 32.1 Å². The molecule has 1 unspecified atom stereocenters. The molecule has 0 saturated carbocycles. The summed E-state index contributed by atoms with van der Waals surface area (Å²) in [6.45, 7) is 6.69. The highest BCUT2D eigenvalue weighted by Gasteiger charge is 2.09. The third-order valence-electron chi connectivity index (χ3n) is 1.75. The zero-order valence-electron chi connectivity index (χ0n) is 9.71. The van der Waals surface area contributed by atoms with Gasteiger partial charge in [-0.15, -0.1) is 0 Å². The topological polar surface area (TPSA) is 123 Å². The molecule has 0 aromatic carbocycles. The fraction of sp³-hybridized carbons (Fsp3) is 0.500. The van der Waals surface area contributed by atoms with E-state index in [1.54, 1.807) is 0 Å². The summed E-state index contributed by atoms with van der Waals surface area (Å²) in [7, 11) is -3.13. The first-order chi connectivity index (χ1) is 7.80. The van der Waals surface area contributed by atoms with Crippen molar-refractivity contribution in [3.63, 3.8) is 0 Å². The van der Waals surface area contributed by atoms with Crippen molar-refractivity contribution < 1.29 is 18.3 Å². The van der Waals surface area contributed by atoms with E-state index in [9.17, 15) is 13.2 Å². The van der Waals surface area contributed by atoms with Crippen LogP contribution >= 0.6 is 0 Å². The molecule has 0 amide bonds. The molecule has 5 N–H and O–H groups in total. The summed E-state index contributed by atoms with van der Waals surface area (Å²) >= 11 is 0. The van der Waals surface area contributed by atoms with Gasteiger partial charge in [0.15, 0.2) is 9.84 Å². The number of unbranched alkanes of at least 4 members (excludes halogenated alkanes) is 1. The average Bonchev–Trinajstić information content (AvgIpc) is 2.30. The highest BCUT2D eigenvalue weighted by molar-refractivity contribution is 7.97. The van der Waals surface area contributed by atoms with Gasteiger partial charge in [0.05, 0.1) is 0 Å². The maximum absolute atomic E-state index is 10.1. The van der Waals surface area contributed by atoms with E-state index >= 15 is 0 Å². The normalized spacial score (nSPS) is 11.9. The van der Waals surface area contributed by atoms with Gasteiger partial charge in [-0.1, -0.05) is 19.6 Å². The Morgan fingerprint density at radius 1 is 1.29 bits per heavy atom. The summed E-state index contributed by atoms with van der Waals surface area (Å²) in [5.41, 5.74) is 10.4. The van der Waals surface area contributed by atoms with E-state index in [1.807, 2.05) is 0 Å². The number of nitrogens with two attached hydrogens (primary N) is 2. The summed E-state index contributed by atoms with van der Waals surface area (Å²) in [5.74, 6) is -0.933. The predicted octanol–water partition coefficient (Wildman–Crippen LogP) is 0.216. The van der Waals surface area contributed by atoms with Crippen LogP contribution in [0.5, 0.6) is 0 Å². The lowest BCUT2D eigenvalue weighted by molar-refractivity contribution is -0.138. The van der Waals surface area contributed by atoms with Crippen LogP contribution in [0.15, 0.2) is 24.0 Å². The van der Waals surface area contributed by atoms with Gasteiger partial charge in [-0.3, -0.25) is 4.79 Å². The van der Waals surface area contributed by atoms with Gasteiger partial charge < -0.3 is 16.6 Å². The molecule has 0 aliphatic rings. The quantitative estimate of drug-likeness (QED) is 0.565. The maximum Gasteiger partial charge on any atom is 0.320 e. The molecule has 0 aliphatic carbocycles. The Kier molecular flexibility index (Phi) is 10.7. The van der Waals surface area contributed by atoms with Crippen molar-refractivity contribution in [2.24, 2.45) is 11.5 Å². The zero-order valence-corrected chi connectivity index (χ0v) is 10.5. The van der Waals surface area contributed by atoms with Crippen molar-refractivity contribution in [2.45, 2.75) is 25.3 Å². The fourth-order valence-corrected chi connectivity index (χ4v) is 0.836.